The number of nitrogens with one attached hydrogen (secondary N) is 1. The van der Waals surface area contributed by atoms with Gasteiger partial charge in [-0.05, 0) is 18.2 Å². The Bertz CT molecular complexity index is 995. The summed E-state index contributed by atoms with van der Waals surface area (Å²) in [5.74, 6) is 0.110. The number of pyridine rings is 1. The minimum atomic E-state index is -0.210. The summed E-state index contributed by atoms with van der Waals surface area (Å²) < 4.78 is 5.78. The molecule has 0 saturated carbocycles. The van der Waals surface area contributed by atoms with E-state index in [1.54, 1.807) is 12.1 Å². The van der Waals surface area contributed by atoms with E-state index >= 15 is 0 Å². The van der Waals surface area contributed by atoms with Crippen LogP contribution in [0.1, 0.15) is 0 Å². The fourth-order valence-electron chi connectivity index (χ4n) is 2.48. The first-order chi connectivity index (χ1) is 9.24. The van der Waals surface area contributed by atoms with E-state index < -0.39 is 0 Å². The average Bonchev–Trinajstić information content (AvgIpc) is 2.78. The molecular weight excluding hydrogens is 242 g/mol. The van der Waals surface area contributed by atoms with E-state index in [4.69, 9.17) is 4.42 Å². The van der Waals surface area contributed by atoms with Gasteiger partial charge in [0.2, 0.25) is 0 Å². The van der Waals surface area contributed by atoms with Gasteiger partial charge in [-0.2, -0.15) is 0 Å². The maximum absolute atomic E-state index is 12.2. The predicted molar refractivity (Wildman–Crippen MR) is 73.5 cm³/mol. The number of hydrogen-bond acceptors (Lipinski definition) is 3. The highest BCUT2D eigenvalue weighted by atomic mass is 16.3. The Morgan fingerprint density at radius 1 is 1.05 bits per heavy atom. The number of aromatic amines is 1. The second kappa shape index (κ2) is 3.38. The van der Waals surface area contributed by atoms with Crippen molar-refractivity contribution in [1.82, 2.24) is 4.98 Å². The van der Waals surface area contributed by atoms with Crippen LogP contribution in [0.3, 0.4) is 0 Å². The average molecular weight is 251 g/mol. The van der Waals surface area contributed by atoms with E-state index in [1.165, 1.54) is 6.07 Å². The number of H-pyrrole nitrogens is 1. The summed E-state index contributed by atoms with van der Waals surface area (Å²) in [6.07, 6.45) is 0. The predicted octanol–water partition coefficient (Wildman–Crippen LogP) is 3.13. The minimum absolute atomic E-state index is 0.110. The molecular formula is C15H9NO3. The Hall–Kier alpha value is -2.75. The molecule has 0 amide bonds. The molecule has 4 rings (SSSR count). The summed E-state index contributed by atoms with van der Waals surface area (Å²) in [7, 11) is 0. The third kappa shape index (κ3) is 1.31. The van der Waals surface area contributed by atoms with Crippen molar-refractivity contribution < 1.29 is 9.52 Å². The SMILES string of the molecule is O=c1[nH]c2cc(O)ccc2c2oc3ccccc3c12. The molecule has 0 aliphatic rings. The summed E-state index contributed by atoms with van der Waals surface area (Å²) in [6, 6.07) is 12.3. The quantitative estimate of drug-likeness (QED) is 0.504. The van der Waals surface area contributed by atoms with Gasteiger partial charge >= 0.3 is 0 Å². The van der Waals surface area contributed by atoms with E-state index in [2.05, 4.69) is 4.98 Å². The summed E-state index contributed by atoms with van der Waals surface area (Å²) in [6.45, 7) is 0. The van der Waals surface area contributed by atoms with Gasteiger partial charge in [-0.1, -0.05) is 18.2 Å². The van der Waals surface area contributed by atoms with Gasteiger partial charge in [0, 0.05) is 16.8 Å². The van der Waals surface area contributed by atoms with Gasteiger partial charge in [0.25, 0.3) is 5.56 Å². The van der Waals surface area contributed by atoms with Crippen molar-refractivity contribution in [2.24, 2.45) is 0 Å². The highest BCUT2D eigenvalue weighted by Crippen LogP contribution is 2.31. The van der Waals surface area contributed by atoms with Crippen LogP contribution in [0.4, 0.5) is 0 Å². The standard InChI is InChI=1S/C15H9NO3/c17-8-5-6-9-11(7-8)16-15(18)13-10-3-1-2-4-12(10)19-14(9)13/h1-7,17H,(H,16,18). The molecule has 0 spiro atoms. The lowest BCUT2D eigenvalue weighted by molar-refractivity contribution is 0.476. The van der Waals surface area contributed by atoms with Crippen LogP contribution in [0, 0.1) is 0 Å². The van der Waals surface area contributed by atoms with Crippen molar-refractivity contribution in [2.45, 2.75) is 0 Å². The Morgan fingerprint density at radius 3 is 2.79 bits per heavy atom. The van der Waals surface area contributed by atoms with Gasteiger partial charge in [0.15, 0.2) is 0 Å². The zero-order valence-corrected chi connectivity index (χ0v) is 9.81. The van der Waals surface area contributed by atoms with Crippen molar-refractivity contribution in [3.8, 4) is 5.75 Å². The van der Waals surface area contributed by atoms with Gasteiger partial charge in [0.05, 0.1) is 10.9 Å². The molecule has 4 nitrogen and oxygen atoms in total. The molecule has 0 saturated heterocycles. The van der Waals surface area contributed by atoms with Crippen LogP contribution in [0.2, 0.25) is 0 Å². The van der Waals surface area contributed by atoms with Crippen LogP contribution in [0.15, 0.2) is 51.7 Å². The van der Waals surface area contributed by atoms with Crippen LogP contribution in [-0.4, -0.2) is 10.1 Å². The number of rotatable bonds is 0. The van der Waals surface area contributed by atoms with E-state index in [1.807, 2.05) is 24.3 Å². The molecule has 19 heavy (non-hydrogen) atoms. The minimum Gasteiger partial charge on any atom is -0.508 e. The monoisotopic (exact) mass is 251 g/mol. The Balaban J connectivity index is 2.36. The summed E-state index contributed by atoms with van der Waals surface area (Å²) in [5.41, 5.74) is 1.60. The van der Waals surface area contributed by atoms with E-state index in [9.17, 15) is 9.90 Å². The highest BCUT2D eigenvalue weighted by Gasteiger charge is 2.13. The van der Waals surface area contributed by atoms with E-state index in [-0.39, 0.29) is 11.3 Å². The molecule has 92 valence electrons. The maximum Gasteiger partial charge on any atom is 0.260 e. The molecule has 2 aromatic heterocycles. The molecule has 0 aliphatic heterocycles. The first kappa shape index (κ1) is 10.2. The van der Waals surface area contributed by atoms with Gasteiger partial charge in [-0.15, -0.1) is 0 Å². The molecule has 0 bridgehead atoms. The Morgan fingerprint density at radius 2 is 1.89 bits per heavy atom. The molecule has 0 radical (unpaired) electrons. The number of furan rings is 1. The molecule has 0 aliphatic carbocycles. The smallest absolute Gasteiger partial charge is 0.260 e. The largest absolute Gasteiger partial charge is 0.508 e. The van der Waals surface area contributed by atoms with Crippen molar-refractivity contribution in [3.05, 3.63) is 52.8 Å². The van der Waals surface area contributed by atoms with Gasteiger partial charge < -0.3 is 14.5 Å². The number of aromatic hydroxyl groups is 1. The molecule has 2 aromatic carbocycles. The lowest BCUT2D eigenvalue weighted by Crippen LogP contribution is -2.04. The lowest BCUT2D eigenvalue weighted by Gasteiger charge is -1.99. The van der Waals surface area contributed by atoms with Crippen molar-refractivity contribution in [3.63, 3.8) is 0 Å². The second-order valence-corrected chi connectivity index (χ2v) is 4.49. The van der Waals surface area contributed by atoms with Gasteiger partial charge in [-0.25, -0.2) is 0 Å². The molecule has 2 heterocycles. The first-order valence-corrected chi connectivity index (χ1v) is 5.90. The van der Waals surface area contributed by atoms with Crippen molar-refractivity contribution in [2.75, 3.05) is 0 Å². The highest BCUT2D eigenvalue weighted by molar-refractivity contribution is 6.13. The zero-order chi connectivity index (χ0) is 13.0. The summed E-state index contributed by atoms with van der Waals surface area (Å²) >= 11 is 0. The normalized spacial score (nSPS) is 11.6. The number of phenolic OH excluding ortho intramolecular Hbond substituents is 1. The number of fused-ring (bicyclic) bond motifs is 5. The third-order valence-electron chi connectivity index (χ3n) is 3.32. The fourth-order valence-corrected chi connectivity index (χ4v) is 2.48. The Kier molecular flexibility index (Phi) is 1.82. The van der Waals surface area contributed by atoms with Crippen LogP contribution in [0.5, 0.6) is 5.75 Å². The number of aromatic nitrogens is 1. The molecule has 0 atom stereocenters. The molecule has 4 heteroatoms. The van der Waals surface area contributed by atoms with Crippen LogP contribution in [-0.2, 0) is 0 Å². The van der Waals surface area contributed by atoms with Crippen molar-refractivity contribution >= 4 is 32.8 Å². The van der Waals surface area contributed by atoms with E-state index in [0.717, 1.165) is 10.8 Å². The fraction of sp³-hybridized carbons (Fsp3) is 0. The van der Waals surface area contributed by atoms with Crippen LogP contribution in [0.25, 0.3) is 32.8 Å². The lowest BCUT2D eigenvalue weighted by atomic mass is 10.1. The summed E-state index contributed by atoms with van der Waals surface area (Å²) in [4.78, 5) is 15.0. The number of hydrogen-bond donors (Lipinski definition) is 2. The Labute approximate surface area is 106 Å². The number of para-hydroxylation sites is 1. The second-order valence-electron chi connectivity index (χ2n) is 4.49. The number of benzene rings is 2. The summed E-state index contributed by atoms with van der Waals surface area (Å²) in [5, 5.41) is 11.6. The van der Waals surface area contributed by atoms with E-state index in [0.29, 0.717) is 22.1 Å². The van der Waals surface area contributed by atoms with Gasteiger partial charge in [-0.3, -0.25) is 4.79 Å². The van der Waals surface area contributed by atoms with Gasteiger partial charge in [0.1, 0.15) is 16.9 Å². The topological polar surface area (TPSA) is 66.2 Å². The first-order valence-electron chi connectivity index (χ1n) is 5.90. The zero-order valence-electron chi connectivity index (χ0n) is 9.81. The molecule has 4 aromatic rings. The molecule has 0 unspecified atom stereocenters. The van der Waals surface area contributed by atoms with Crippen molar-refractivity contribution in [1.29, 1.82) is 0 Å². The van der Waals surface area contributed by atoms with Crippen LogP contribution < -0.4 is 5.56 Å². The number of phenols is 1. The van der Waals surface area contributed by atoms with Crippen LogP contribution >= 0.6 is 0 Å². The third-order valence-corrected chi connectivity index (χ3v) is 3.32. The molecule has 0 fully saturated rings. The molecule has 2 N–H and O–H groups in total. The maximum atomic E-state index is 12.2.